The summed E-state index contributed by atoms with van der Waals surface area (Å²) in [6.07, 6.45) is 4.03. The molecule has 20 heavy (non-hydrogen) atoms. The van der Waals surface area contributed by atoms with E-state index in [1.807, 2.05) is 0 Å². The molecular formula is C17H29N3. The van der Waals surface area contributed by atoms with Gasteiger partial charge in [0.2, 0.25) is 0 Å². The summed E-state index contributed by atoms with van der Waals surface area (Å²) >= 11 is 0. The molecule has 2 rings (SSSR count). The second-order valence-corrected chi connectivity index (χ2v) is 6.61. The van der Waals surface area contributed by atoms with Crippen molar-refractivity contribution in [3.63, 3.8) is 0 Å². The molecule has 0 aliphatic heterocycles. The van der Waals surface area contributed by atoms with E-state index in [1.165, 1.54) is 36.0 Å². The number of rotatable bonds is 6. The molecule has 1 fully saturated rings. The van der Waals surface area contributed by atoms with Crippen molar-refractivity contribution in [2.24, 2.45) is 5.73 Å². The van der Waals surface area contributed by atoms with Crippen molar-refractivity contribution in [2.75, 3.05) is 27.7 Å². The van der Waals surface area contributed by atoms with E-state index < -0.39 is 0 Å². The lowest BCUT2D eigenvalue weighted by molar-refractivity contribution is 0.0258. The Morgan fingerprint density at radius 2 is 1.90 bits per heavy atom. The summed E-state index contributed by atoms with van der Waals surface area (Å²) in [5, 5.41) is 0. The lowest BCUT2D eigenvalue weighted by Gasteiger charge is -2.49. The number of nitrogens with two attached hydrogens (primary N) is 1. The molecule has 0 amide bonds. The van der Waals surface area contributed by atoms with Gasteiger partial charge in [0, 0.05) is 25.2 Å². The van der Waals surface area contributed by atoms with Gasteiger partial charge in [-0.15, -0.1) is 0 Å². The van der Waals surface area contributed by atoms with Gasteiger partial charge in [0.15, 0.2) is 0 Å². The molecule has 3 heteroatoms. The van der Waals surface area contributed by atoms with Gasteiger partial charge in [-0.2, -0.15) is 0 Å². The summed E-state index contributed by atoms with van der Waals surface area (Å²) in [6, 6.07) is 6.60. The second-order valence-electron chi connectivity index (χ2n) is 6.61. The number of likely N-dealkylation sites (N-methyl/N-ethyl adjacent to an activating group) is 2. The summed E-state index contributed by atoms with van der Waals surface area (Å²) in [5.41, 5.74) is 10.1. The average Bonchev–Trinajstić information content (AvgIpc) is 2.35. The quantitative estimate of drug-likeness (QED) is 0.865. The highest BCUT2D eigenvalue weighted by molar-refractivity contribution is 5.31. The first-order chi connectivity index (χ1) is 9.47. The lowest BCUT2D eigenvalue weighted by Crippen LogP contribution is -2.56. The molecule has 0 heterocycles. The van der Waals surface area contributed by atoms with Gasteiger partial charge in [-0.25, -0.2) is 0 Å². The molecule has 0 atom stereocenters. The summed E-state index contributed by atoms with van der Waals surface area (Å²) in [5.74, 6) is 0. The zero-order valence-corrected chi connectivity index (χ0v) is 13.4. The Bertz CT molecular complexity index is 450. The Kier molecular flexibility index (Phi) is 4.84. The fourth-order valence-electron chi connectivity index (χ4n) is 3.24. The van der Waals surface area contributed by atoms with E-state index >= 15 is 0 Å². The van der Waals surface area contributed by atoms with Crippen LogP contribution in [0.1, 0.15) is 36.0 Å². The first-order valence-corrected chi connectivity index (χ1v) is 7.61. The van der Waals surface area contributed by atoms with E-state index in [2.05, 4.69) is 56.1 Å². The molecule has 1 aliphatic carbocycles. The SMILES string of the molecule is Cc1cc(CN)ccc1CN(C)CC1(N(C)C)CCC1. The summed E-state index contributed by atoms with van der Waals surface area (Å²) < 4.78 is 0. The van der Waals surface area contributed by atoms with Gasteiger partial charge in [-0.1, -0.05) is 18.2 Å². The van der Waals surface area contributed by atoms with Crippen LogP contribution in [0.2, 0.25) is 0 Å². The maximum Gasteiger partial charge on any atom is 0.0330 e. The smallest absolute Gasteiger partial charge is 0.0330 e. The standard InChI is InChI=1S/C17H29N3/c1-14-10-15(11-18)6-7-16(14)12-20(4)13-17(19(2)3)8-5-9-17/h6-7,10H,5,8-9,11-13,18H2,1-4H3. The van der Waals surface area contributed by atoms with Crippen molar-refractivity contribution in [2.45, 2.75) is 44.8 Å². The Morgan fingerprint density at radius 3 is 2.35 bits per heavy atom. The van der Waals surface area contributed by atoms with Crippen LogP contribution >= 0.6 is 0 Å². The van der Waals surface area contributed by atoms with Crippen LogP contribution in [0, 0.1) is 6.92 Å². The fraction of sp³-hybridized carbons (Fsp3) is 0.647. The molecule has 0 saturated heterocycles. The minimum absolute atomic E-state index is 0.403. The van der Waals surface area contributed by atoms with E-state index in [9.17, 15) is 0 Å². The minimum atomic E-state index is 0.403. The second kappa shape index (κ2) is 6.25. The zero-order valence-electron chi connectivity index (χ0n) is 13.4. The summed E-state index contributed by atoms with van der Waals surface area (Å²) in [4.78, 5) is 4.88. The molecule has 112 valence electrons. The van der Waals surface area contributed by atoms with Crippen molar-refractivity contribution in [3.05, 3.63) is 34.9 Å². The fourth-order valence-corrected chi connectivity index (χ4v) is 3.24. The minimum Gasteiger partial charge on any atom is -0.326 e. The first kappa shape index (κ1) is 15.5. The van der Waals surface area contributed by atoms with Crippen molar-refractivity contribution in [1.29, 1.82) is 0 Å². The van der Waals surface area contributed by atoms with Gasteiger partial charge in [0.05, 0.1) is 0 Å². The molecular weight excluding hydrogens is 246 g/mol. The van der Waals surface area contributed by atoms with Gasteiger partial charge < -0.3 is 15.5 Å². The molecule has 0 bridgehead atoms. The molecule has 2 N–H and O–H groups in total. The monoisotopic (exact) mass is 275 g/mol. The zero-order chi connectivity index (χ0) is 14.8. The number of aryl methyl sites for hydroxylation is 1. The predicted molar refractivity (Wildman–Crippen MR) is 85.7 cm³/mol. The van der Waals surface area contributed by atoms with E-state index in [0.717, 1.165) is 13.1 Å². The number of hydrogen-bond acceptors (Lipinski definition) is 3. The van der Waals surface area contributed by atoms with Crippen LogP contribution in [0.4, 0.5) is 0 Å². The van der Waals surface area contributed by atoms with Crippen molar-refractivity contribution >= 4 is 0 Å². The van der Waals surface area contributed by atoms with Crippen molar-refractivity contribution < 1.29 is 0 Å². The van der Waals surface area contributed by atoms with E-state index in [4.69, 9.17) is 5.73 Å². The third-order valence-electron chi connectivity index (χ3n) is 4.88. The Morgan fingerprint density at radius 1 is 1.20 bits per heavy atom. The molecule has 0 aromatic heterocycles. The van der Waals surface area contributed by atoms with Gasteiger partial charge in [0.25, 0.3) is 0 Å². The number of benzene rings is 1. The molecule has 0 unspecified atom stereocenters. The molecule has 0 radical (unpaired) electrons. The summed E-state index contributed by atoms with van der Waals surface area (Å²) in [6.45, 7) is 4.98. The van der Waals surface area contributed by atoms with Gasteiger partial charge in [-0.05, 0) is 64.0 Å². The van der Waals surface area contributed by atoms with Gasteiger partial charge in [0.1, 0.15) is 0 Å². The Balaban J connectivity index is 1.99. The number of nitrogens with zero attached hydrogens (tertiary/aromatic N) is 2. The van der Waals surface area contributed by atoms with Crippen LogP contribution in [0.3, 0.4) is 0 Å². The third kappa shape index (κ3) is 3.22. The van der Waals surface area contributed by atoms with Crippen LogP contribution in [-0.4, -0.2) is 43.0 Å². The highest BCUT2D eigenvalue weighted by Gasteiger charge is 2.39. The average molecular weight is 275 g/mol. The molecule has 1 saturated carbocycles. The normalized spacial score (nSPS) is 17.6. The Hall–Kier alpha value is -0.900. The van der Waals surface area contributed by atoms with Crippen LogP contribution in [0.25, 0.3) is 0 Å². The summed E-state index contributed by atoms with van der Waals surface area (Å²) in [7, 11) is 6.67. The predicted octanol–water partition coefficient (Wildman–Crippen LogP) is 2.37. The molecule has 1 aromatic carbocycles. The molecule has 3 nitrogen and oxygen atoms in total. The maximum absolute atomic E-state index is 5.70. The molecule has 1 aliphatic rings. The maximum atomic E-state index is 5.70. The molecule has 0 spiro atoms. The van der Waals surface area contributed by atoms with Gasteiger partial charge in [-0.3, -0.25) is 0 Å². The largest absolute Gasteiger partial charge is 0.326 e. The first-order valence-electron chi connectivity index (χ1n) is 7.61. The Labute approximate surface area is 123 Å². The highest BCUT2D eigenvalue weighted by Crippen LogP contribution is 2.36. The van der Waals surface area contributed by atoms with Crippen molar-refractivity contribution in [1.82, 2.24) is 9.80 Å². The topological polar surface area (TPSA) is 32.5 Å². The lowest BCUT2D eigenvalue weighted by atomic mass is 9.75. The highest BCUT2D eigenvalue weighted by atomic mass is 15.2. The van der Waals surface area contributed by atoms with E-state index in [1.54, 1.807) is 0 Å². The van der Waals surface area contributed by atoms with Crippen molar-refractivity contribution in [3.8, 4) is 0 Å². The third-order valence-corrected chi connectivity index (χ3v) is 4.88. The molecule has 1 aromatic rings. The van der Waals surface area contributed by atoms with Gasteiger partial charge >= 0.3 is 0 Å². The van der Waals surface area contributed by atoms with E-state index in [-0.39, 0.29) is 0 Å². The number of hydrogen-bond donors (Lipinski definition) is 1. The van der Waals surface area contributed by atoms with Crippen LogP contribution < -0.4 is 5.73 Å². The van der Waals surface area contributed by atoms with Crippen LogP contribution in [0.15, 0.2) is 18.2 Å². The van der Waals surface area contributed by atoms with Crippen LogP contribution in [0.5, 0.6) is 0 Å². The van der Waals surface area contributed by atoms with Crippen LogP contribution in [-0.2, 0) is 13.1 Å². The van der Waals surface area contributed by atoms with E-state index in [0.29, 0.717) is 12.1 Å².